The average Bonchev–Trinajstić information content (AvgIpc) is 2.38. The molecule has 0 aliphatic rings. The van der Waals surface area contributed by atoms with Gasteiger partial charge in [-0.3, -0.25) is 0 Å². The molecule has 0 radical (unpaired) electrons. The smallest absolute Gasteiger partial charge is 0.184 e. The lowest BCUT2D eigenvalue weighted by Gasteiger charge is -1.99. The number of hydrogen-bond acceptors (Lipinski definition) is 2. The van der Waals surface area contributed by atoms with Crippen LogP contribution >= 0.6 is 44.5 Å². The molecule has 0 aliphatic heterocycles. The van der Waals surface area contributed by atoms with E-state index in [9.17, 15) is 0 Å². The van der Waals surface area contributed by atoms with Crippen LogP contribution in [0.4, 0.5) is 0 Å². The van der Waals surface area contributed by atoms with Gasteiger partial charge in [-0.05, 0) is 44.7 Å². The van der Waals surface area contributed by atoms with Gasteiger partial charge >= 0.3 is 0 Å². The zero-order chi connectivity index (χ0) is 10.6. The third-order valence-electron chi connectivity index (χ3n) is 2.17. The number of hydrogen-bond donors (Lipinski definition) is 1. The summed E-state index contributed by atoms with van der Waals surface area (Å²) in [5, 5.41) is 0. The van der Waals surface area contributed by atoms with E-state index in [1.165, 1.54) is 31.2 Å². The van der Waals surface area contributed by atoms with E-state index in [-0.39, 0.29) is 0 Å². The molecule has 1 rings (SSSR count). The topological polar surface area (TPSA) is 13.1 Å². The Balaban J connectivity index is 2.49. The van der Waals surface area contributed by atoms with Crippen LogP contribution in [0.25, 0.3) is 0 Å². The van der Waals surface area contributed by atoms with E-state index in [2.05, 4.69) is 51.4 Å². The number of furan rings is 1. The largest absolute Gasteiger partial charge is 0.441 e. The van der Waals surface area contributed by atoms with Crippen molar-refractivity contribution in [3.05, 3.63) is 14.9 Å². The lowest BCUT2D eigenvalue weighted by atomic mass is 10.1. The summed E-state index contributed by atoms with van der Waals surface area (Å²) in [6.45, 7) is 2.22. The Morgan fingerprint density at radius 2 is 1.86 bits per heavy atom. The van der Waals surface area contributed by atoms with Crippen molar-refractivity contribution >= 4 is 44.5 Å². The van der Waals surface area contributed by atoms with Crippen molar-refractivity contribution in [3.8, 4) is 0 Å². The third kappa shape index (κ3) is 3.31. The highest BCUT2D eigenvalue weighted by Gasteiger charge is 2.13. The summed E-state index contributed by atoms with van der Waals surface area (Å²) in [6, 6.07) is 0. The van der Waals surface area contributed by atoms with E-state index in [1.54, 1.807) is 0 Å². The Kier molecular flexibility index (Phi) is 5.64. The number of unbranched alkanes of at least 4 members (excludes halogenated alkanes) is 3. The molecule has 0 saturated heterocycles. The van der Waals surface area contributed by atoms with E-state index < -0.39 is 0 Å². The van der Waals surface area contributed by atoms with Gasteiger partial charge in [0.15, 0.2) is 9.34 Å². The summed E-state index contributed by atoms with van der Waals surface area (Å²) in [4.78, 5) is 0.924. The molecule has 80 valence electrons. The summed E-state index contributed by atoms with van der Waals surface area (Å²) in [5.41, 5.74) is 1.18. The predicted octanol–water partition coefficient (Wildman–Crippen LogP) is 5.22. The van der Waals surface area contributed by atoms with Crippen LogP contribution in [0.2, 0.25) is 0 Å². The highest BCUT2D eigenvalue weighted by atomic mass is 79.9. The highest BCUT2D eigenvalue weighted by Crippen LogP contribution is 2.35. The van der Waals surface area contributed by atoms with Gasteiger partial charge < -0.3 is 4.42 Å². The zero-order valence-electron chi connectivity index (χ0n) is 8.15. The molecule has 14 heavy (non-hydrogen) atoms. The quantitative estimate of drug-likeness (QED) is 0.572. The maximum atomic E-state index is 5.36. The minimum absolute atomic E-state index is 0.721. The molecule has 0 atom stereocenters. The molecule has 0 bridgehead atoms. The van der Waals surface area contributed by atoms with Crippen molar-refractivity contribution in [1.82, 2.24) is 0 Å². The molecule has 0 N–H and O–H groups in total. The molecule has 0 saturated carbocycles. The molecule has 0 aromatic carbocycles. The monoisotopic (exact) mass is 340 g/mol. The lowest BCUT2D eigenvalue weighted by molar-refractivity contribution is 0.507. The van der Waals surface area contributed by atoms with Crippen LogP contribution in [0.5, 0.6) is 0 Å². The third-order valence-corrected chi connectivity index (χ3v) is 4.15. The van der Waals surface area contributed by atoms with Gasteiger partial charge in [-0.15, -0.1) is 12.6 Å². The fourth-order valence-corrected chi connectivity index (χ4v) is 2.93. The van der Waals surface area contributed by atoms with Gasteiger partial charge in [-0.2, -0.15) is 0 Å². The molecule has 0 unspecified atom stereocenters. The fourth-order valence-electron chi connectivity index (χ4n) is 1.35. The number of rotatable bonds is 5. The summed E-state index contributed by atoms with van der Waals surface area (Å²) in [7, 11) is 0. The maximum Gasteiger partial charge on any atom is 0.184 e. The minimum atomic E-state index is 0.721. The van der Waals surface area contributed by atoms with Gasteiger partial charge in [-0.1, -0.05) is 26.2 Å². The molecule has 1 aromatic heterocycles. The van der Waals surface area contributed by atoms with Crippen LogP contribution in [0.1, 0.15) is 38.2 Å². The van der Waals surface area contributed by atoms with Crippen LogP contribution in [-0.2, 0) is 6.42 Å². The average molecular weight is 342 g/mol. The summed E-state index contributed by atoms with van der Waals surface area (Å²) in [6.07, 6.45) is 6.09. The first-order chi connectivity index (χ1) is 6.66. The molecule has 0 spiro atoms. The minimum Gasteiger partial charge on any atom is -0.441 e. The van der Waals surface area contributed by atoms with Crippen molar-refractivity contribution in [2.75, 3.05) is 0 Å². The van der Waals surface area contributed by atoms with Gasteiger partial charge in [0.2, 0.25) is 0 Å². The molecule has 1 nitrogen and oxygen atoms in total. The Bertz CT molecular complexity index is 297. The summed E-state index contributed by atoms with van der Waals surface area (Å²) < 4.78 is 6.89. The zero-order valence-corrected chi connectivity index (χ0v) is 12.2. The molecular weight excluding hydrogens is 328 g/mol. The molecule has 0 amide bonds. The van der Waals surface area contributed by atoms with Crippen molar-refractivity contribution < 1.29 is 4.42 Å². The van der Waals surface area contributed by atoms with Crippen molar-refractivity contribution in [2.45, 2.75) is 43.9 Å². The SMILES string of the molecule is CCCCCCc1c(Br)oc(Br)c1S. The van der Waals surface area contributed by atoms with Crippen LogP contribution in [0, 0.1) is 0 Å². The Morgan fingerprint density at radius 3 is 2.36 bits per heavy atom. The van der Waals surface area contributed by atoms with Gasteiger partial charge in [-0.25, -0.2) is 0 Å². The first-order valence-electron chi connectivity index (χ1n) is 4.82. The normalized spacial score (nSPS) is 10.9. The number of halogens is 2. The van der Waals surface area contributed by atoms with Gasteiger partial charge in [0, 0.05) is 5.56 Å². The second kappa shape index (κ2) is 6.23. The fraction of sp³-hybridized carbons (Fsp3) is 0.600. The van der Waals surface area contributed by atoms with Crippen LogP contribution in [0.3, 0.4) is 0 Å². The first-order valence-corrected chi connectivity index (χ1v) is 6.85. The van der Waals surface area contributed by atoms with Gasteiger partial charge in [0.05, 0.1) is 4.90 Å². The first kappa shape index (κ1) is 12.7. The second-order valence-electron chi connectivity index (χ2n) is 3.29. The van der Waals surface area contributed by atoms with E-state index in [0.717, 1.165) is 20.7 Å². The highest BCUT2D eigenvalue weighted by molar-refractivity contribution is 9.11. The van der Waals surface area contributed by atoms with Crippen molar-refractivity contribution in [2.24, 2.45) is 0 Å². The second-order valence-corrected chi connectivity index (χ2v) is 5.17. The lowest BCUT2D eigenvalue weighted by Crippen LogP contribution is -1.85. The summed E-state index contributed by atoms with van der Waals surface area (Å²) >= 11 is 11.1. The molecule has 0 aliphatic carbocycles. The molecule has 0 fully saturated rings. The van der Waals surface area contributed by atoms with Crippen LogP contribution in [0.15, 0.2) is 18.7 Å². The Labute approximate surface area is 107 Å². The van der Waals surface area contributed by atoms with E-state index in [1.807, 2.05) is 0 Å². The van der Waals surface area contributed by atoms with Gasteiger partial charge in [0.1, 0.15) is 0 Å². The van der Waals surface area contributed by atoms with E-state index >= 15 is 0 Å². The maximum absolute atomic E-state index is 5.36. The molecule has 4 heteroatoms. The Morgan fingerprint density at radius 1 is 1.14 bits per heavy atom. The van der Waals surface area contributed by atoms with Gasteiger partial charge in [0.25, 0.3) is 0 Å². The molecule has 1 aromatic rings. The van der Waals surface area contributed by atoms with Crippen LogP contribution < -0.4 is 0 Å². The van der Waals surface area contributed by atoms with Crippen molar-refractivity contribution in [1.29, 1.82) is 0 Å². The molecule has 1 heterocycles. The molecular formula is C10H14Br2OS. The van der Waals surface area contributed by atoms with Crippen molar-refractivity contribution in [3.63, 3.8) is 0 Å². The van der Waals surface area contributed by atoms with E-state index in [0.29, 0.717) is 0 Å². The number of thiol groups is 1. The predicted molar refractivity (Wildman–Crippen MR) is 69.2 cm³/mol. The van der Waals surface area contributed by atoms with E-state index in [4.69, 9.17) is 4.42 Å². The van der Waals surface area contributed by atoms with Crippen LogP contribution in [-0.4, -0.2) is 0 Å². The summed E-state index contributed by atoms with van der Waals surface area (Å²) in [5.74, 6) is 0. The standard InChI is InChI=1S/C10H14Br2OS/c1-2-3-4-5-6-7-8(14)10(12)13-9(7)11/h14H,2-6H2,1H3. The Hall–Kier alpha value is 0.590.